The van der Waals surface area contributed by atoms with Gasteiger partial charge in [0.05, 0.1) is 0 Å². The second-order valence-electron chi connectivity index (χ2n) is 11.4. The normalized spacial score (nSPS) is 22.1. The predicted octanol–water partition coefficient (Wildman–Crippen LogP) is 7.12. The number of benzene rings is 1. The topological polar surface area (TPSA) is 72.2 Å². The van der Waals surface area contributed by atoms with Crippen molar-refractivity contribution in [3.05, 3.63) is 75.9 Å². The van der Waals surface area contributed by atoms with E-state index in [9.17, 15) is 9.59 Å². The van der Waals surface area contributed by atoms with E-state index in [0.717, 1.165) is 12.8 Å². The summed E-state index contributed by atoms with van der Waals surface area (Å²) in [6.45, 7) is 15.9. The van der Waals surface area contributed by atoms with Crippen molar-refractivity contribution >= 4 is 17.5 Å². The molecule has 1 atom stereocenters. The molecular weight excluding hydrogens is 420 g/mol. The molecule has 0 saturated carbocycles. The third-order valence-electron chi connectivity index (χ3n) is 7.61. The lowest BCUT2D eigenvalue weighted by Crippen LogP contribution is -2.33. The molecule has 1 unspecified atom stereocenters. The summed E-state index contributed by atoms with van der Waals surface area (Å²) < 4.78 is 0. The molecule has 2 amide bonds. The average Bonchev–Trinajstić information content (AvgIpc) is 2.76. The molecule has 0 saturated heterocycles. The predicted molar refractivity (Wildman–Crippen MR) is 141 cm³/mol. The number of hydrogen-bond donors (Lipinski definition) is 2. The summed E-state index contributed by atoms with van der Waals surface area (Å²) in [5, 5.41) is 2.86. The molecule has 3 N–H and O–H groups in total. The third kappa shape index (κ3) is 5.78. The van der Waals surface area contributed by atoms with Gasteiger partial charge in [0.15, 0.2) is 0 Å². The molecule has 0 aromatic heterocycles. The summed E-state index contributed by atoms with van der Waals surface area (Å²) in [6, 6.07) is 6.58. The molecular formula is C30H40N2O2. The van der Waals surface area contributed by atoms with Crippen LogP contribution in [0.1, 0.15) is 84.5 Å². The fourth-order valence-electron chi connectivity index (χ4n) is 5.01. The maximum absolute atomic E-state index is 12.6. The highest BCUT2D eigenvalue weighted by atomic mass is 16.2. The first-order valence-electron chi connectivity index (χ1n) is 12.3. The molecule has 0 heterocycles. The van der Waals surface area contributed by atoms with Crippen LogP contribution in [0.2, 0.25) is 0 Å². The molecule has 0 fully saturated rings. The van der Waals surface area contributed by atoms with E-state index in [1.165, 1.54) is 24.0 Å². The molecule has 2 aliphatic rings. The lowest BCUT2D eigenvalue weighted by Gasteiger charge is -2.46. The smallest absolute Gasteiger partial charge is 0.251 e. The number of anilines is 1. The van der Waals surface area contributed by atoms with E-state index in [0.29, 0.717) is 28.2 Å². The fourth-order valence-corrected chi connectivity index (χ4v) is 5.01. The minimum Gasteiger partial charge on any atom is -0.366 e. The van der Waals surface area contributed by atoms with Gasteiger partial charge >= 0.3 is 0 Å². The van der Waals surface area contributed by atoms with E-state index < -0.39 is 5.91 Å². The van der Waals surface area contributed by atoms with Crippen molar-refractivity contribution in [2.75, 3.05) is 5.32 Å². The van der Waals surface area contributed by atoms with Crippen molar-refractivity contribution in [1.82, 2.24) is 0 Å². The van der Waals surface area contributed by atoms with E-state index in [4.69, 9.17) is 5.73 Å². The lowest BCUT2D eigenvalue weighted by atomic mass is 9.59. The van der Waals surface area contributed by atoms with Crippen LogP contribution in [0, 0.1) is 16.7 Å². The fraction of sp³-hybridized carbons (Fsp3) is 0.467. The monoisotopic (exact) mass is 460 g/mol. The number of nitrogens with two attached hydrogens (primary N) is 1. The quantitative estimate of drug-likeness (QED) is 0.350. The Morgan fingerprint density at radius 1 is 1.03 bits per heavy atom. The summed E-state index contributed by atoms with van der Waals surface area (Å²) in [5.74, 6) is -0.116. The molecule has 0 spiro atoms. The number of hydrogen-bond acceptors (Lipinski definition) is 2. The molecule has 4 heteroatoms. The van der Waals surface area contributed by atoms with Crippen molar-refractivity contribution in [3.63, 3.8) is 0 Å². The maximum Gasteiger partial charge on any atom is 0.251 e. The van der Waals surface area contributed by atoms with E-state index in [-0.39, 0.29) is 11.3 Å². The Labute approximate surface area is 205 Å². The van der Waals surface area contributed by atoms with Crippen LogP contribution in [0.3, 0.4) is 0 Å². The molecule has 2 aliphatic carbocycles. The van der Waals surface area contributed by atoms with E-state index in [1.807, 2.05) is 13.0 Å². The van der Waals surface area contributed by atoms with Crippen molar-refractivity contribution in [1.29, 1.82) is 0 Å². The molecule has 182 valence electrons. The molecule has 1 aromatic rings. The van der Waals surface area contributed by atoms with E-state index in [1.54, 1.807) is 35.4 Å². The number of allylic oxidation sites excluding steroid dienone is 7. The summed E-state index contributed by atoms with van der Waals surface area (Å²) in [4.78, 5) is 23.8. The second-order valence-corrected chi connectivity index (χ2v) is 11.4. The Balaban J connectivity index is 1.71. The van der Waals surface area contributed by atoms with Crippen LogP contribution >= 0.6 is 0 Å². The van der Waals surface area contributed by atoms with Gasteiger partial charge in [-0.05, 0) is 86.1 Å². The molecule has 0 radical (unpaired) electrons. The lowest BCUT2D eigenvalue weighted by molar-refractivity contribution is -0.112. The first-order chi connectivity index (χ1) is 15.8. The number of carbonyl (C=O) groups excluding carboxylic acids is 2. The SMILES string of the molecule is C/C(=C\C=C(/C)C(=O)Nc1ccc(C(N)=O)cc1)CC1=CC2=C(CC1C)C(C)(C)CCC2(C)C. The van der Waals surface area contributed by atoms with Crippen LogP contribution in [0.25, 0.3) is 0 Å². The van der Waals surface area contributed by atoms with Gasteiger partial charge in [0, 0.05) is 16.8 Å². The molecule has 34 heavy (non-hydrogen) atoms. The Hall–Kier alpha value is -2.88. The number of carbonyl (C=O) groups is 2. The van der Waals surface area contributed by atoms with Gasteiger partial charge in [0.2, 0.25) is 5.91 Å². The first-order valence-corrected chi connectivity index (χ1v) is 12.3. The number of nitrogens with one attached hydrogen (secondary N) is 1. The summed E-state index contributed by atoms with van der Waals surface area (Å²) in [5.41, 5.74) is 13.4. The van der Waals surface area contributed by atoms with Crippen LogP contribution in [-0.4, -0.2) is 11.8 Å². The highest BCUT2D eigenvalue weighted by Gasteiger charge is 2.40. The van der Waals surface area contributed by atoms with Crippen LogP contribution in [0.4, 0.5) is 5.69 Å². The number of rotatable bonds is 6. The molecule has 1 aromatic carbocycles. The van der Waals surface area contributed by atoms with Crippen molar-refractivity contribution in [2.24, 2.45) is 22.5 Å². The minimum absolute atomic E-state index is 0.165. The van der Waals surface area contributed by atoms with Gasteiger partial charge in [-0.2, -0.15) is 0 Å². The highest BCUT2D eigenvalue weighted by molar-refractivity contribution is 6.03. The summed E-state index contributed by atoms with van der Waals surface area (Å²) in [6.07, 6.45) is 11.0. The van der Waals surface area contributed by atoms with Gasteiger partial charge in [0.1, 0.15) is 0 Å². The van der Waals surface area contributed by atoms with Gasteiger partial charge in [-0.25, -0.2) is 0 Å². The molecule has 0 aliphatic heterocycles. The Morgan fingerprint density at radius 3 is 2.26 bits per heavy atom. The minimum atomic E-state index is -0.486. The highest BCUT2D eigenvalue weighted by Crippen LogP contribution is 2.54. The zero-order chi connectivity index (χ0) is 25.3. The maximum atomic E-state index is 12.6. The standard InChI is InChI=1S/C30H40N2O2/c1-19(8-9-20(2)28(34)32-24-12-10-22(11-13-24)27(31)33)16-23-18-26-25(17-21(23)3)29(4,5)14-15-30(26,6)7/h8-13,18,21H,14-17H2,1-7H3,(H2,31,33)(H,32,34)/b19-8+,20-9+. The average molecular weight is 461 g/mol. The van der Waals surface area contributed by atoms with Crippen LogP contribution in [-0.2, 0) is 4.79 Å². The molecule has 4 nitrogen and oxygen atoms in total. The van der Waals surface area contributed by atoms with Gasteiger partial charge in [-0.1, -0.05) is 69.6 Å². The van der Waals surface area contributed by atoms with E-state index in [2.05, 4.69) is 59.0 Å². The van der Waals surface area contributed by atoms with Crippen molar-refractivity contribution < 1.29 is 9.59 Å². The van der Waals surface area contributed by atoms with Crippen LogP contribution in [0.15, 0.2) is 70.4 Å². The Bertz CT molecular complexity index is 1100. The Kier molecular flexibility index (Phi) is 7.40. The summed E-state index contributed by atoms with van der Waals surface area (Å²) in [7, 11) is 0. The second kappa shape index (κ2) is 9.77. The van der Waals surface area contributed by atoms with Gasteiger partial charge < -0.3 is 11.1 Å². The van der Waals surface area contributed by atoms with Crippen LogP contribution < -0.4 is 11.1 Å². The van der Waals surface area contributed by atoms with E-state index >= 15 is 0 Å². The van der Waals surface area contributed by atoms with Gasteiger partial charge in [0.25, 0.3) is 5.91 Å². The zero-order valence-corrected chi connectivity index (χ0v) is 21.8. The van der Waals surface area contributed by atoms with Gasteiger partial charge in [-0.15, -0.1) is 0 Å². The molecule has 0 bridgehead atoms. The Morgan fingerprint density at radius 2 is 1.65 bits per heavy atom. The van der Waals surface area contributed by atoms with Gasteiger partial charge in [-0.3, -0.25) is 9.59 Å². The van der Waals surface area contributed by atoms with Crippen LogP contribution in [0.5, 0.6) is 0 Å². The molecule has 3 rings (SSSR count). The summed E-state index contributed by atoms with van der Waals surface area (Å²) >= 11 is 0. The zero-order valence-electron chi connectivity index (χ0n) is 21.8. The largest absolute Gasteiger partial charge is 0.366 e. The number of amides is 2. The first kappa shape index (κ1) is 25.7. The number of primary amides is 1. The van der Waals surface area contributed by atoms with Crippen molar-refractivity contribution in [3.8, 4) is 0 Å². The third-order valence-corrected chi connectivity index (χ3v) is 7.61. The van der Waals surface area contributed by atoms with Crippen molar-refractivity contribution in [2.45, 2.75) is 74.1 Å².